The lowest BCUT2D eigenvalue weighted by Gasteiger charge is -2.17. The Labute approximate surface area is 125 Å². The van der Waals surface area contributed by atoms with Crippen molar-refractivity contribution in [3.05, 3.63) is 67.8 Å². The first kappa shape index (κ1) is 12.8. The molecule has 19 heavy (non-hydrogen) atoms. The van der Waals surface area contributed by atoms with E-state index in [0.29, 0.717) is 0 Å². The van der Waals surface area contributed by atoms with Crippen LogP contribution < -0.4 is 0 Å². The summed E-state index contributed by atoms with van der Waals surface area (Å²) in [5, 5.41) is 20.1. The first-order valence-corrected chi connectivity index (χ1v) is 7.17. The van der Waals surface area contributed by atoms with Gasteiger partial charge in [0.15, 0.2) is 0 Å². The van der Waals surface area contributed by atoms with Gasteiger partial charge in [0, 0.05) is 9.13 Å². The molecular weight excluding hydrogens is 351 g/mol. The van der Waals surface area contributed by atoms with Gasteiger partial charge >= 0.3 is 0 Å². The molecule has 3 rings (SSSR count). The molecule has 2 aromatic rings. The molecule has 0 saturated heterocycles. The molecule has 96 valence electrons. The number of benzene rings is 2. The number of aliphatic hydroxyl groups excluding tert-OH is 2. The van der Waals surface area contributed by atoms with E-state index in [-0.39, 0.29) is 6.61 Å². The van der Waals surface area contributed by atoms with Gasteiger partial charge in [-0.1, -0.05) is 42.5 Å². The van der Waals surface area contributed by atoms with Crippen LogP contribution in [0.5, 0.6) is 0 Å². The normalized spacial score (nSPS) is 16.7. The van der Waals surface area contributed by atoms with Crippen molar-refractivity contribution >= 4 is 34.7 Å². The van der Waals surface area contributed by atoms with Gasteiger partial charge in [-0.3, -0.25) is 0 Å². The van der Waals surface area contributed by atoms with Crippen LogP contribution in [0.15, 0.2) is 36.4 Å². The zero-order chi connectivity index (χ0) is 13.4. The van der Waals surface area contributed by atoms with E-state index in [0.717, 1.165) is 31.4 Å². The van der Waals surface area contributed by atoms with Crippen molar-refractivity contribution in [3.63, 3.8) is 0 Å². The molecule has 0 saturated carbocycles. The van der Waals surface area contributed by atoms with Crippen LogP contribution in [0.2, 0.25) is 0 Å². The number of hydrogen-bond acceptors (Lipinski definition) is 2. The Morgan fingerprint density at radius 3 is 2.63 bits per heavy atom. The van der Waals surface area contributed by atoms with Gasteiger partial charge in [0.1, 0.15) is 6.10 Å². The zero-order valence-electron chi connectivity index (χ0n) is 10.2. The minimum absolute atomic E-state index is 0.0202. The molecule has 1 aliphatic rings. The summed E-state index contributed by atoms with van der Waals surface area (Å²) in [5.74, 6) is 0. The molecule has 0 fully saturated rings. The van der Waals surface area contributed by atoms with Crippen LogP contribution in [0.4, 0.5) is 0 Å². The van der Waals surface area contributed by atoms with Crippen molar-refractivity contribution < 1.29 is 10.2 Å². The molecule has 3 heteroatoms. The Balaban J connectivity index is 2.28. The molecule has 0 unspecified atom stereocenters. The van der Waals surface area contributed by atoms with E-state index in [2.05, 4.69) is 22.6 Å². The largest absolute Gasteiger partial charge is 0.392 e. The van der Waals surface area contributed by atoms with Crippen molar-refractivity contribution in [1.29, 1.82) is 0 Å². The third-order valence-electron chi connectivity index (χ3n) is 3.48. The van der Waals surface area contributed by atoms with Crippen LogP contribution in [0, 0.1) is 3.57 Å². The van der Waals surface area contributed by atoms with Gasteiger partial charge < -0.3 is 10.2 Å². The fraction of sp³-hybridized carbons (Fsp3) is 0.125. The quantitative estimate of drug-likeness (QED) is 0.762. The first-order valence-electron chi connectivity index (χ1n) is 6.09. The smallest absolute Gasteiger partial charge is 0.106 e. The third-order valence-corrected chi connectivity index (χ3v) is 4.43. The van der Waals surface area contributed by atoms with Gasteiger partial charge in [0.05, 0.1) is 6.61 Å². The van der Waals surface area contributed by atoms with E-state index in [1.807, 2.05) is 48.6 Å². The minimum Gasteiger partial charge on any atom is -0.392 e. The Kier molecular flexibility index (Phi) is 3.43. The number of hydrogen-bond donors (Lipinski definition) is 2. The highest BCUT2D eigenvalue weighted by Gasteiger charge is 2.22. The van der Waals surface area contributed by atoms with Crippen molar-refractivity contribution in [3.8, 4) is 0 Å². The Morgan fingerprint density at radius 1 is 1.05 bits per heavy atom. The van der Waals surface area contributed by atoms with E-state index in [1.165, 1.54) is 0 Å². The van der Waals surface area contributed by atoms with E-state index in [4.69, 9.17) is 0 Å². The highest BCUT2D eigenvalue weighted by atomic mass is 127. The Bertz CT molecular complexity index is 662. The molecule has 0 amide bonds. The third kappa shape index (κ3) is 2.12. The summed E-state index contributed by atoms with van der Waals surface area (Å²) in [7, 11) is 0. The maximum atomic E-state index is 10.7. The average Bonchev–Trinajstić information content (AvgIpc) is 2.57. The number of rotatable bonds is 1. The van der Waals surface area contributed by atoms with Crippen molar-refractivity contribution in [2.75, 3.05) is 0 Å². The van der Waals surface area contributed by atoms with Gasteiger partial charge in [-0.2, -0.15) is 0 Å². The fourth-order valence-corrected chi connectivity index (χ4v) is 3.34. The molecule has 2 aromatic carbocycles. The molecule has 0 aliphatic heterocycles. The van der Waals surface area contributed by atoms with Crippen LogP contribution in [-0.2, 0) is 6.61 Å². The average molecular weight is 364 g/mol. The summed E-state index contributed by atoms with van der Waals surface area (Å²) in [4.78, 5) is 0. The highest BCUT2D eigenvalue weighted by molar-refractivity contribution is 14.1. The lowest BCUT2D eigenvalue weighted by atomic mass is 9.94. The topological polar surface area (TPSA) is 40.5 Å². The van der Waals surface area contributed by atoms with E-state index in [1.54, 1.807) is 0 Å². The summed E-state index contributed by atoms with van der Waals surface area (Å²) in [5.41, 5.74) is 4.58. The molecule has 0 aromatic heterocycles. The van der Waals surface area contributed by atoms with Crippen molar-refractivity contribution in [1.82, 2.24) is 0 Å². The second-order valence-corrected chi connectivity index (χ2v) is 5.72. The molecule has 0 radical (unpaired) electrons. The van der Waals surface area contributed by atoms with Crippen LogP contribution in [0.3, 0.4) is 0 Å². The molecule has 2 nitrogen and oxygen atoms in total. The fourth-order valence-electron chi connectivity index (χ4n) is 2.53. The minimum atomic E-state index is -0.653. The van der Waals surface area contributed by atoms with E-state index < -0.39 is 6.10 Å². The van der Waals surface area contributed by atoms with Gasteiger partial charge in [-0.25, -0.2) is 0 Å². The molecule has 1 aliphatic carbocycles. The van der Waals surface area contributed by atoms with Crippen LogP contribution in [0.1, 0.15) is 33.9 Å². The molecule has 0 bridgehead atoms. The standard InChI is InChI=1S/C16H13IO2/c17-14-6-2-3-10-7-8-12-11(9-18)4-1-5-13(12)16(19)15(10)14/h1-8,16,18-19H,9H2/t16-/m0/s1. The maximum absolute atomic E-state index is 10.7. The molecule has 1 atom stereocenters. The SMILES string of the molecule is OCc1cccc2c1C=Cc1cccc(I)c1[C@H]2O. The second kappa shape index (κ2) is 5.07. The predicted molar refractivity (Wildman–Crippen MR) is 84.5 cm³/mol. The summed E-state index contributed by atoms with van der Waals surface area (Å²) in [6.45, 7) is -0.0202. The Hall–Kier alpha value is -1.17. The maximum Gasteiger partial charge on any atom is 0.106 e. The van der Waals surface area contributed by atoms with Crippen LogP contribution in [-0.4, -0.2) is 10.2 Å². The van der Waals surface area contributed by atoms with Crippen molar-refractivity contribution in [2.45, 2.75) is 12.7 Å². The Morgan fingerprint density at radius 2 is 1.84 bits per heavy atom. The van der Waals surface area contributed by atoms with E-state index >= 15 is 0 Å². The second-order valence-electron chi connectivity index (χ2n) is 4.56. The number of fused-ring (bicyclic) bond motifs is 2. The lowest BCUT2D eigenvalue weighted by molar-refractivity contribution is 0.218. The van der Waals surface area contributed by atoms with Gasteiger partial charge in [-0.05, 0) is 50.9 Å². The monoisotopic (exact) mass is 364 g/mol. The van der Waals surface area contributed by atoms with E-state index in [9.17, 15) is 10.2 Å². The molecule has 2 N–H and O–H groups in total. The lowest BCUT2D eigenvalue weighted by Crippen LogP contribution is -2.06. The van der Waals surface area contributed by atoms with Gasteiger partial charge in [0.25, 0.3) is 0 Å². The summed E-state index contributed by atoms with van der Waals surface area (Å²) in [6.07, 6.45) is 3.33. The molecule has 0 heterocycles. The molecular formula is C16H13IO2. The summed E-state index contributed by atoms with van der Waals surface area (Å²) in [6, 6.07) is 11.7. The van der Waals surface area contributed by atoms with Crippen LogP contribution in [0.25, 0.3) is 12.2 Å². The van der Waals surface area contributed by atoms with Gasteiger partial charge in [0.2, 0.25) is 0 Å². The molecule has 0 spiro atoms. The van der Waals surface area contributed by atoms with Crippen molar-refractivity contribution in [2.24, 2.45) is 0 Å². The first-order chi connectivity index (χ1) is 9.22. The zero-order valence-corrected chi connectivity index (χ0v) is 12.3. The number of aliphatic hydroxyl groups is 2. The van der Waals surface area contributed by atoms with Gasteiger partial charge in [-0.15, -0.1) is 0 Å². The highest BCUT2D eigenvalue weighted by Crippen LogP contribution is 2.36. The summed E-state index contributed by atoms with van der Waals surface area (Å²) < 4.78 is 1.05. The van der Waals surface area contributed by atoms with Crippen LogP contribution >= 0.6 is 22.6 Å². The predicted octanol–water partition coefficient (Wildman–Crippen LogP) is 3.35. The number of halogens is 1. The summed E-state index contributed by atoms with van der Waals surface area (Å²) >= 11 is 2.25.